The van der Waals surface area contributed by atoms with Crippen molar-refractivity contribution in [3.63, 3.8) is 0 Å². The molecule has 4 aliphatic heterocycles. The molecule has 0 fully saturated rings. The average molecular weight is 1310 g/mol. The number of nitrogens with zero attached hydrogens (tertiary/aromatic N) is 4. The molecule has 84 heavy (non-hydrogen) atoms. The number of anilines is 12. The van der Waals surface area contributed by atoms with Crippen molar-refractivity contribution in [2.24, 2.45) is 0 Å². The van der Waals surface area contributed by atoms with Crippen LogP contribution in [0.25, 0.3) is 0 Å². The lowest BCUT2D eigenvalue weighted by Crippen LogP contribution is -2.65. The second kappa shape index (κ2) is 22.1. The van der Waals surface area contributed by atoms with Crippen LogP contribution in [0.3, 0.4) is 0 Å². The van der Waals surface area contributed by atoms with Gasteiger partial charge in [0.1, 0.15) is 23.0 Å². The quantitative estimate of drug-likeness (QED) is 0.0797. The van der Waals surface area contributed by atoms with E-state index in [1.54, 1.807) is 0 Å². The first kappa shape index (κ1) is 52.6. The Morgan fingerprint density at radius 2 is 0.655 bits per heavy atom. The van der Waals surface area contributed by atoms with E-state index in [-0.39, 0.29) is 13.4 Å². The van der Waals surface area contributed by atoms with Crippen molar-refractivity contribution in [3.8, 4) is 23.0 Å². The fraction of sp³-hybridized carbons (Fsp3) is 0.108. The summed E-state index contributed by atoms with van der Waals surface area (Å²) in [7, 11) is 0. The maximum atomic E-state index is 7.10. The van der Waals surface area contributed by atoms with E-state index in [9.17, 15) is 0 Å². The molecular weight excluding hydrogens is 1250 g/mol. The Morgan fingerprint density at radius 1 is 0.310 bits per heavy atom. The number of hydrogen-bond donors (Lipinski definition) is 0. The minimum atomic E-state index is -0.144. The van der Waals surface area contributed by atoms with Crippen molar-refractivity contribution in [2.75, 3.05) is 19.6 Å². The first-order valence-electron chi connectivity index (χ1n) is 29.5. The molecule has 4 heterocycles. The number of ether oxygens (including phenoxy) is 2. The molecule has 0 aromatic heterocycles. The minimum Gasteiger partial charge on any atom is -0.457 e. The number of benzene rings is 11. The van der Waals surface area contributed by atoms with Gasteiger partial charge in [0.05, 0.1) is 0 Å². The first-order valence-corrected chi connectivity index (χ1v) is 31.6. The highest BCUT2D eigenvalue weighted by Gasteiger charge is 2.48. The minimum absolute atomic E-state index is 0.144. The average Bonchev–Trinajstić information content (AvgIpc) is 1.39. The summed E-state index contributed by atoms with van der Waals surface area (Å²) in [5.41, 5.74) is 23.3. The standard InChI is InChI=1S/C74H58B2I2N4O2/c1-3-5-17-49-27-39-57(40-28-49)83-59-43-69-73-71(45-59)81(55-35-31-51(77)32-36-55)67-48-68-64(47-63(67)75(73)61-23-13-15-25-65(61)79(69)53-19-9-7-10-20-53)76-62-24-14-16-26-66(62)80(54-21-11-8-12-22-54)70-44-60(84-58-41-29-50(30-42-58)18-6-4-2)46-72(74(70)76)82(68)56-37-33-52(78)34-38-56/h7-16,19-48H,3-6,17-18H2,1-2H3. The van der Waals surface area contributed by atoms with E-state index in [2.05, 4.69) is 321 Å². The monoisotopic (exact) mass is 1310 g/mol. The lowest BCUT2D eigenvalue weighted by Gasteiger charge is -2.47. The van der Waals surface area contributed by atoms with Gasteiger partial charge in [-0.05, 0) is 230 Å². The van der Waals surface area contributed by atoms with Crippen molar-refractivity contribution in [2.45, 2.75) is 52.4 Å². The van der Waals surface area contributed by atoms with Crippen LogP contribution < -0.4 is 61.9 Å². The summed E-state index contributed by atoms with van der Waals surface area (Å²) in [5, 5.41) is 0. The van der Waals surface area contributed by atoms with Crippen LogP contribution in [-0.4, -0.2) is 13.4 Å². The third-order valence-corrected chi connectivity index (χ3v) is 18.6. The van der Waals surface area contributed by atoms with E-state index in [1.165, 1.54) is 51.0 Å². The number of halogens is 2. The summed E-state index contributed by atoms with van der Waals surface area (Å²) >= 11 is 4.87. The highest BCUT2D eigenvalue weighted by atomic mass is 127. The lowest BCUT2D eigenvalue weighted by molar-refractivity contribution is 0.482. The molecule has 0 N–H and O–H groups in total. The van der Waals surface area contributed by atoms with Crippen LogP contribution >= 0.6 is 45.2 Å². The van der Waals surface area contributed by atoms with E-state index < -0.39 is 0 Å². The summed E-state index contributed by atoms with van der Waals surface area (Å²) in [6.07, 6.45) is 6.74. The van der Waals surface area contributed by atoms with E-state index in [0.29, 0.717) is 0 Å². The van der Waals surface area contributed by atoms with Crippen molar-refractivity contribution in [3.05, 3.63) is 261 Å². The topological polar surface area (TPSA) is 31.4 Å². The molecule has 0 atom stereocenters. The molecule has 406 valence electrons. The molecule has 0 amide bonds. The van der Waals surface area contributed by atoms with Gasteiger partial charge in [-0.2, -0.15) is 0 Å². The van der Waals surface area contributed by atoms with Gasteiger partial charge in [0.15, 0.2) is 0 Å². The molecule has 10 heteroatoms. The molecular formula is C74H58B2I2N4O2. The van der Waals surface area contributed by atoms with Crippen molar-refractivity contribution in [1.82, 2.24) is 0 Å². The molecule has 0 saturated carbocycles. The molecule has 0 saturated heterocycles. The molecule has 0 aliphatic carbocycles. The van der Waals surface area contributed by atoms with Crippen LogP contribution in [0.2, 0.25) is 0 Å². The SMILES string of the molecule is CCCCc1ccc(Oc2cc3c4c(c2)N(c2ccc(I)cc2)c2cc5c(cc2B4c2ccccc2N3c2ccccc2)B2c3ccccc3N(c3ccccc3)c3cc(Oc4ccc(CCCC)cc4)cc(c32)N5c2ccc(I)cc2)cc1. The number of para-hydroxylation sites is 4. The summed E-state index contributed by atoms with van der Waals surface area (Å²) in [5.74, 6) is 3.16. The van der Waals surface area contributed by atoms with Crippen LogP contribution in [0.4, 0.5) is 68.2 Å². The highest BCUT2D eigenvalue weighted by Crippen LogP contribution is 2.51. The van der Waals surface area contributed by atoms with Crippen molar-refractivity contribution in [1.29, 1.82) is 0 Å². The maximum Gasteiger partial charge on any atom is 0.252 e. The Labute approximate surface area is 520 Å². The number of unbranched alkanes of at least 4 members (excludes halogenated alkanes) is 2. The Hall–Kier alpha value is -8.19. The highest BCUT2D eigenvalue weighted by molar-refractivity contribution is 14.1. The summed E-state index contributed by atoms with van der Waals surface area (Å²) < 4.78 is 16.5. The first-order chi connectivity index (χ1) is 41.4. The molecule has 11 aromatic carbocycles. The van der Waals surface area contributed by atoms with E-state index >= 15 is 0 Å². The van der Waals surface area contributed by atoms with E-state index in [0.717, 1.165) is 130 Å². The van der Waals surface area contributed by atoms with Crippen LogP contribution in [0.1, 0.15) is 50.7 Å². The van der Waals surface area contributed by atoms with Crippen LogP contribution in [0.15, 0.2) is 243 Å². The van der Waals surface area contributed by atoms with Gasteiger partial charge >= 0.3 is 0 Å². The Balaban J connectivity index is 1.01. The third-order valence-electron chi connectivity index (χ3n) is 17.2. The van der Waals surface area contributed by atoms with Gasteiger partial charge in [0.2, 0.25) is 0 Å². The zero-order valence-electron chi connectivity index (χ0n) is 46.9. The maximum absolute atomic E-state index is 7.10. The summed E-state index contributed by atoms with van der Waals surface area (Å²) in [6, 6.07) is 89.5. The van der Waals surface area contributed by atoms with Gasteiger partial charge in [-0.15, -0.1) is 0 Å². The fourth-order valence-corrected chi connectivity index (χ4v) is 14.1. The molecule has 0 bridgehead atoms. The zero-order chi connectivity index (χ0) is 56.4. The van der Waals surface area contributed by atoms with Gasteiger partial charge in [0, 0.05) is 99.7 Å². The second-order valence-electron chi connectivity index (χ2n) is 22.4. The fourth-order valence-electron chi connectivity index (χ4n) is 13.4. The molecule has 0 spiro atoms. The van der Waals surface area contributed by atoms with Crippen LogP contribution in [0, 0.1) is 7.14 Å². The Kier molecular flexibility index (Phi) is 13.8. The van der Waals surface area contributed by atoms with Gasteiger partial charge in [-0.1, -0.05) is 130 Å². The Morgan fingerprint density at radius 3 is 1.04 bits per heavy atom. The summed E-state index contributed by atoms with van der Waals surface area (Å²) in [6.45, 7) is 4.21. The third kappa shape index (κ3) is 9.24. The molecule has 0 radical (unpaired) electrons. The predicted octanol–water partition coefficient (Wildman–Crippen LogP) is 17.3. The Bertz CT molecular complexity index is 4010. The number of aryl methyl sites for hydroxylation is 2. The van der Waals surface area contributed by atoms with Crippen molar-refractivity contribution >= 4 is 160 Å². The van der Waals surface area contributed by atoms with Crippen LogP contribution in [0.5, 0.6) is 23.0 Å². The number of fused-ring (bicyclic) bond motifs is 8. The van der Waals surface area contributed by atoms with Gasteiger partial charge in [-0.3, -0.25) is 0 Å². The molecule has 4 aliphatic rings. The summed E-state index contributed by atoms with van der Waals surface area (Å²) in [4.78, 5) is 9.94. The van der Waals surface area contributed by atoms with Gasteiger partial charge in [0.25, 0.3) is 13.4 Å². The van der Waals surface area contributed by atoms with E-state index in [4.69, 9.17) is 9.47 Å². The van der Waals surface area contributed by atoms with Gasteiger partial charge < -0.3 is 29.1 Å². The largest absolute Gasteiger partial charge is 0.457 e. The molecule has 11 aromatic rings. The zero-order valence-corrected chi connectivity index (χ0v) is 51.2. The number of hydrogen-bond acceptors (Lipinski definition) is 6. The molecule has 0 unspecified atom stereocenters. The number of rotatable bonds is 14. The second-order valence-corrected chi connectivity index (χ2v) is 24.9. The normalized spacial score (nSPS) is 13.1. The smallest absolute Gasteiger partial charge is 0.252 e. The van der Waals surface area contributed by atoms with Gasteiger partial charge in [-0.25, -0.2) is 0 Å². The molecule has 6 nitrogen and oxygen atoms in total. The van der Waals surface area contributed by atoms with Crippen LogP contribution in [-0.2, 0) is 12.8 Å². The van der Waals surface area contributed by atoms with E-state index in [1.807, 2.05) is 0 Å². The predicted molar refractivity (Wildman–Crippen MR) is 370 cm³/mol. The lowest BCUT2D eigenvalue weighted by atomic mass is 9.30. The molecule has 15 rings (SSSR count). The van der Waals surface area contributed by atoms with Crippen molar-refractivity contribution < 1.29 is 9.47 Å².